The molecule has 0 aliphatic carbocycles. The monoisotopic (exact) mass is 265 g/mol. The summed E-state index contributed by atoms with van der Waals surface area (Å²) in [4.78, 5) is 13.6. The number of aliphatic hydroxyl groups is 2. The minimum atomic E-state index is -0.530. The Labute approximate surface area is 111 Å². The molecular weight excluding hydrogens is 249 g/mol. The second-order valence-electron chi connectivity index (χ2n) is 3.76. The van der Waals surface area contributed by atoms with E-state index in [4.69, 9.17) is 10.2 Å². The zero-order chi connectivity index (χ0) is 14.3. The highest BCUT2D eigenvalue weighted by atomic mass is 19.1. The van der Waals surface area contributed by atoms with E-state index in [2.05, 4.69) is 11.8 Å². The molecule has 0 heterocycles. The van der Waals surface area contributed by atoms with Gasteiger partial charge >= 0.3 is 0 Å². The molecule has 2 N–H and O–H groups in total. The van der Waals surface area contributed by atoms with Gasteiger partial charge in [-0.15, -0.1) is 0 Å². The molecular formula is C14H16FNO3. The van der Waals surface area contributed by atoms with Crippen molar-refractivity contribution in [2.75, 3.05) is 26.3 Å². The van der Waals surface area contributed by atoms with Crippen LogP contribution in [0.3, 0.4) is 0 Å². The molecule has 5 heteroatoms. The predicted octanol–water partition coefficient (Wildman–Crippen LogP) is 0.624. The van der Waals surface area contributed by atoms with Gasteiger partial charge in [-0.3, -0.25) is 4.79 Å². The van der Waals surface area contributed by atoms with Gasteiger partial charge in [-0.1, -0.05) is 11.8 Å². The zero-order valence-corrected chi connectivity index (χ0v) is 10.7. The fourth-order valence-corrected chi connectivity index (χ4v) is 1.63. The molecule has 0 saturated carbocycles. The predicted molar refractivity (Wildman–Crippen MR) is 69.0 cm³/mol. The largest absolute Gasteiger partial charge is 0.395 e. The Hall–Kier alpha value is -1.90. The van der Waals surface area contributed by atoms with Gasteiger partial charge in [0.15, 0.2) is 0 Å². The number of likely N-dealkylation sites (N-methyl/N-ethyl adjacent to an activating group) is 1. The Balaban J connectivity index is 3.15. The van der Waals surface area contributed by atoms with Crippen molar-refractivity contribution in [3.8, 4) is 11.8 Å². The summed E-state index contributed by atoms with van der Waals surface area (Å²) in [5.74, 6) is 4.13. The molecule has 102 valence electrons. The third kappa shape index (κ3) is 4.05. The van der Waals surface area contributed by atoms with Crippen molar-refractivity contribution in [3.05, 3.63) is 35.1 Å². The van der Waals surface area contributed by atoms with Crippen molar-refractivity contribution in [3.63, 3.8) is 0 Å². The van der Waals surface area contributed by atoms with Crippen molar-refractivity contribution in [1.82, 2.24) is 4.90 Å². The number of hydrogen-bond acceptors (Lipinski definition) is 3. The Morgan fingerprint density at radius 1 is 1.42 bits per heavy atom. The lowest BCUT2D eigenvalue weighted by Gasteiger charge is -2.20. The smallest absolute Gasteiger partial charge is 0.255 e. The standard InChI is InChI=1S/C14H16FNO3/c1-2-16(7-9-18)14(19)13-10-12(15)6-5-11(13)4-3-8-17/h5-6,10,17-18H,2,7-9H2,1H3. The van der Waals surface area contributed by atoms with Gasteiger partial charge in [0.05, 0.1) is 12.2 Å². The SMILES string of the molecule is CCN(CCO)C(=O)c1cc(F)ccc1C#CCO. The number of hydrogen-bond donors (Lipinski definition) is 2. The Kier molecular flexibility index (Phi) is 6.00. The molecule has 1 rings (SSSR count). The molecule has 1 aromatic carbocycles. The van der Waals surface area contributed by atoms with Crippen LogP contribution in [0.2, 0.25) is 0 Å². The lowest BCUT2D eigenvalue weighted by Crippen LogP contribution is -2.33. The zero-order valence-electron chi connectivity index (χ0n) is 10.7. The number of aliphatic hydroxyl groups excluding tert-OH is 2. The summed E-state index contributed by atoms with van der Waals surface area (Å²) < 4.78 is 13.3. The van der Waals surface area contributed by atoms with Crippen LogP contribution in [0.5, 0.6) is 0 Å². The van der Waals surface area contributed by atoms with Crippen molar-refractivity contribution in [2.24, 2.45) is 0 Å². The minimum Gasteiger partial charge on any atom is -0.395 e. The van der Waals surface area contributed by atoms with Gasteiger partial charge in [0.1, 0.15) is 12.4 Å². The number of nitrogens with zero attached hydrogens (tertiary/aromatic N) is 1. The van der Waals surface area contributed by atoms with Crippen LogP contribution in [0.25, 0.3) is 0 Å². The van der Waals surface area contributed by atoms with E-state index in [1.54, 1.807) is 6.92 Å². The topological polar surface area (TPSA) is 60.8 Å². The number of carbonyl (C=O) groups is 1. The van der Waals surface area contributed by atoms with Crippen LogP contribution >= 0.6 is 0 Å². The summed E-state index contributed by atoms with van der Waals surface area (Å²) in [5, 5.41) is 17.6. The lowest BCUT2D eigenvalue weighted by atomic mass is 10.1. The molecule has 0 atom stereocenters. The molecule has 1 aromatic rings. The maximum Gasteiger partial charge on any atom is 0.255 e. The van der Waals surface area contributed by atoms with Gasteiger partial charge in [0.25, 0.3) is 5.91 Å². The van der Waals surface area contributed by atoms with E-state index in [9.17, 15) is 9.18 Å². The highest BCUT2D eigenvalue weighted by Gasteiger charge is 2.17. The first-order valence-electron chi connectivity index (χ1n) is 5.93. The first-order valence-corrected chi connectivity index (χ1v) is 5.93. The molecule has 0 radical (unpaired) electrons. The second-order valence-corrected chi connectivity index (χ2v) is 3.76. The number of halogens is 1. The molecule has 19 heavy (non-hydrogen) atoms. The van der Waals surface area contributed by atoms with E-state index in [0.29, 0.717) is 12.1 Å². The fraction of sp³-hybridized carbons (Fsp3) is 0.357. The molecule has 0 unspecified atom stereocenters. The molecule has 0 spiro atoms. The quantitative estimate of drug-likeness (QED) is 0.785. The first-order chi connectivity index (χ1) is 9.13. The van der Waals surface area contributed by atoms with E-state index < -0.39 is 11.7 Å². The van der Waals surface area contributed by atoms with Crippen LogP contribution in [0.4, 0.5) is 4.39 Å². The average molecular weight is 265 g/mol. The Bertz CT molecular complexity index is 505. The van der Waals surface area contributed by atoms with E-state index >= 15 is 0 Å². The van der Waals surface area contributed by atoms with Crippen LogP contribution in [-0.4, -0.2) is 47.3 Å². The van der Waals surface area contributed by atoms with Gasteiger partial charge in [-0.2, -0.15) is 0 Å². The normalized spacial score (nSPS) is 9.68. The summed E-state index contributed by atoms with van der Waals surface area (Å²) in [6, 6.07) is 3.72. The van der Waals surface area contributed by atoms with Gasteiger partial charge < -0.3 is 15.1 Å². The van der Waals surface area contributed by atoms with Crippen LogP contribution in [0.1, 0.15) is 22.8 Å². The van der Waals surface area contributed by atoms with Crippen molar-refractivity contribution >= 4 is 5.91 Å². The van der Waals surface area contributed by atoms with E-state index in [1.807, 2.05) is 0 Å². The van der Waals surface area contributed by atoms with Crippen LogP contribution in [0, 0.1) is 17.7 Å². The third-order valence-electron chi connectivity index (χ3n) is 2.55. The Morgan fingerprint density at radius 3 is 2.74 bits per heavy atom. The molecule has 0 fully saturated rings. The van der Waals surface area contributed by atoms with Gasteiger partial charge in [0, 0.05) is 18.7 Å². The van der Waals surface area contributed by atoms with E-state index in [-0.39, 0.29) is 25.3 Å². The highest BCUT2D eigenvalue weighted by Crippen LogP contribution is 2.13. The van der Waals surface area contributed by atoms with Crippen molar-refractivity contribution < 1.29 is 19.4 Å². The number of rotatable bonds is 4. The Morgan fingerprint density at radius 2 is 2.16 bits per heavy atom. The maximum atomic E-state index is 13.3. The van der Waals surface area contributed by atoms with Gasteiger partial charge in [-0.25, -0.2) is 4.39 Å². The average Bonchev–Trinajstić information content (AvgIpc) is 2.42. The third-order valence-corrected chi connectivity index (χ3v) is 2.55. The van der Waals surface area contributed by atoms with Gasteiger partial charge in [-0.05, 0) is 25.1 Å². The summed E-state index contributed by atoms with van der Waals surface area (Å²) in [6.45, 7) is 1.86. The van der Waals surface area contributed by atoms with E-state index in [0.717, 1.165) is 6.07 Å². The molecule has 0 bridgehead atoms. The lowest BCUT2D eigenvalue weighted by molar-refractivity contribution is 0.0731. The fourth-order valence-electron chi connectivity index (χ4n) is 1.63. The summed E-state index contributed by atoms with van der Waals surface area (Å²) in [5.41, 5.74) is 0.494. The molecule has 0 aromatic heterocycles. The molecule has 1 amide bonds. The molecule has 4 nitrogen and oxygen atoms in total. The molecule has 0 saturated heterocycles. The van der Waals surface area contributed by atoms with Crippen molar-refractivity contribution in [1.29, 1.82) is 0 Å². The number of carbonyl (C=O) groups excluding carboxylic acids is 1. The number of benzene rings is 1. The summed E-state index contributed by atoms with van der Waals surface area (Å²) in [6.07, 6.45) is 0. The molecule has 0 aliphatic rings. The van der Waals surface area contributed by atoms with E-state index in [1.165, 1.54) is 17.0 Å². The number of amides is 1. The highest BCUT2D eigenvalue weighted by molar-refractivity contribution is 5.96. The summed E-state index contributed by atoms with van der Waals surface area (Å²) >= 11 is 0. The minimum absolute atomic E-state index is 0.135. The maximum absolute atomic E-state index is 13.3. The first kappa shape index (κ1) is 15.2. The van der Waals surface area contributed by atoms with Crippen LogP contribution in [0.15, 0.2) is 18.2 Å². The van der Waals surface area contributed by atoms with Crippen LogP contribution in [-0.2, 0) is 0 Å². The van der Waals surface area contributed by atoms with Gasteiger partial charge in [0.2, 0.25) is 0 Å². The molecule has 0 aliphatic heterocycles. The van der Waals surface area contributed by atoms with Crippen LogP contribution < -0.4 is 0 Å². The second kappa shape index (κ2) is 7.52. The summed E-state index contributed by atoms with van der Waals surface area (Å²) in [7, 11) is 0. The van der Waals surface area contributed by atoms with Crippen molar-refractivity contribution in [2.45, 2.75) is 6.92 Å².